The number of hydrogen-bond donors (Lipinski definition) is 2. The molecule has 8 nitrogen and oxygen atoms in total. The molecule has 1 aromatic heterocycles. The second-order valence-corrected chi connectivity index (χ2v) is 12.8. The number of carbonyl (C=O) groups excluding carboxylic acids is 2. The zero-order valence-electron chi connectivity index (χ0n) is 25.7. The molecule has 1 heterocycles. The van der Waals surface area contributed by atoms with Crippen molar-refractivity contribution in [2.24, 2.45) is 0 Å². The highest BCUT2D eigenvalue weighted by atomic mass is 32.2. The molecule has 236 valence electrons. The van der Waals surface area contributed by atoms with Gasteiger partial charge >= 0.3 is 0 Å². The summed E-state index contributed by atoms with van der Waals surface area (Å²) in [4.78, 5) is 27.3. The Hall–Kier alpha value is -5.67. The van der Waals surface area contributed by atoms with Gasteiger partial charge in [-0.3, -0.25) is 9.59 Å². The van der Waals surface area contributed by atoms with E-state index < -0.39 is 27.9 Å². The maximum atomic E-state index is 13.8. The Bertz CT molecular complexity index is 2110. The molecule has 47 heavy (non-hydrogen) atoms. The van der Waals surface area contributed by atoms with Crippen LogP contribution in [0, 0.1) is 0 Å². The quantitative estimate of drug-likeness (QED) is 0.175. The van der Waals surface area contributed by atoms with Crippen molar-refractivity contribution in [1.29, 1.82) is 0 Å². The second kappa shape index (κ2) is 13.8. The van der Waals surface area contributed by atoms with Gasteiger partial charge in [0.05, 0.1) is 17.6 Å². The minimum atomic E-state index is -4.15. The molecule has 2 N–H and O–H groups in total. The van der Waals surface area contributed by atoms with Crippen LogP contribution in [0.15, 0.2) is 145 Å². The number of rotatable bonds is 11. The molecule has 1 atom stereocenters. The lowest BCUT2D eigenvalue weighted by Gasteiger charge is -2.19. The highest BCUT2D eigenvalue weighted by Gasteiger charge is 2.28. The number of carbonyl (C=O) groups is 2. The van der Waals surface area contributed by atoms with E-state index in [0.29, 0.717) is 12.1 Å². The van der Waals surface area contributed by atoms with E-state index in [-0.39, 0.29) is 11.3 Å². The Balaban J connectivity index is 1.25. The molecule has 6 rings (SSSR count). The van der Waals surface area contributed by atoms with E-state index in [4.69, 9.17) is 4.74 Å². The molecule has 5 aromatic carbocycles. The molecule has 0 bridgehead atoms. The lowest BCUT2D eigenvalue weighted by molar-refractivity contribution is -0.121. The molecule has 0 saturated carbocycles. The summed E-state index contributed by atoms with van der Waals surface area (Å²) in [5.74, 6) is -0.510. The summed E-state index contributed by atoms with van der Waals surface area (Å²) in [6.07, 6.45) is 1.87. The lowest BCUT2D eigenvalue weighted by Crippen LogP contribution is -2.49. The number of ether oxygens (including phenoxy) is 1. The lowest BCUT2D eigenvalue weighted by atomic mass is 10.0. The predicted octanol–water partition coefficient (Wildman–Crippen LogP) is 6.21. The molecule has 0 aliphatic rings. The maximum Gasteiger partial charge on any atom is 0.264 e. The molecule has 0 spiro atoms. The molecular formula is C38H33N3O5S. The van der Waals surface area contributed by atoms with Crippen molar-refractivity contribution in [2.75, 3.05) is 7.11 Å². The van der Waals surface area contributed by atoms with Gasteiger partial charge in [0.1, 0.15) is 11.8 Å². The van der Waals surface area contributed by atoms with Gasteiger partial charge in [0.15, 0.2) is 0 Å². The molecule has 9 heteroatoms. The molecule has 0 fully saturated rings. The van der Waals surface area contributed by atoms with Gasteiger partial charge in [-0.05, 0) is 52.6 Å². The first kappa shape index (κ1) is 31.3. The topological polar surface area (TPSA) is 106 Å². The van der Waals surface area contributed by atoms with Gasteiger partial charge in [0, 0.05) is 30.1 Å². The molecule has 0 aliphatic heterocycles. The summed E-state index contributed by atoms with van der Waals surface area (Å²) >= 11 is 0. The van der Waals surface area contributed by atoms with Gasteiger partial charge < -0.3 is 14.6 Å². The fourth-order valence-corrected chi connectivity index (χ4v) is 6.54. The van der Waals surface area contributed by atoms with Crippen LogP contribution < -0.4 is 14.8 Å². The first-order valence-electron chi connectivity index (χ1n) is 15.1. The Morgan fingerprint density at radius 1 is 0.723 bits per heavy atom. The van der Waals surface area contributed by atoms with E-state index in [2.05, 4.69) is 34.3 Å². The van der Waals surface area contributed by atoms with Crippen molar-refractivity contribution in [1.82, 2.24) is 14.6 Å². The monoisotopic (exact) mass is 643 g/mol. The van der Waals surface area contributed by atoms with E-state index in [1.54, 1.807) is 31.5 Å². The van der Waals surface area contributed by atoms with Crippen LogP contribution in [0.25, 0.3) is 22.0 Å². The van der Waals surface area contributed by atoms with E-state index >= 15 is 0 Å². The number of benzene rings is 5. The second-order valence-electron chi connectivity index (χ2n) is 11.1. The third-order valence-electron chi connectivity index (χ3n) is 7.96. The van der Waals surface area contributed by atoms with Crippen LogP contribution in [0.2, 0.25) is 0 Å². The van der Waals surface area contributed by atoms with E-state index in [1.165, 1.54) is 12.1 Å². The Kier molecular flexibility index (Phi) is 9.17. The molecule has 0 saturated heterocycles. The van der Waals surface area contributed by atoms with Crippen LogP contribution in [-0.4, -0.2) is 38.0 Å². The SMILES string of the molecule is COc1ccc(-c2ccc(Cn3cc(C(=O)N[C@@H](Cc4ccccc4)C(=O)NS(=O)(=O)c4ccccc4)c4ccccc43)cc2)cc1. The maximum absolute atomic E-state index is 13.8. The first-order chi connectivity index (χ1) is 22.8. The largest absolute Gasteiger partial charge is 0.497 e. The van der Waals surface area contributed by atoms with Crippen LogP contribution in [0.4, 0.5) is 0 Å². The van der Waals surface area contributed by atoms with E-state index in [1.807, 2.05) is 83.4 Å². The number of methoxy groups -OCH3 is 1. The smallest absolute Gasteiger partial charge is 0.264 e. The number of sulfonamides is 1. The third kappa shape index (κ3) is 7.26. The average molecular weight is 644 g/mol. The number of nitrogens with one attached hydrogen (secondary N) is 2. The predicted molar refractivity (Wildman–Crippen MR) is 183 cm³/mol. The van der Waals surface area contributed by atoms with Crippen LogP contribution in [-0.2, 0) is 27.8 Å². The van der Waals surface area contributed by atoms with Crippen LogP contribution in [0.3, 0.4) is 0 Å². The van der Waals surface area contributed by atoms with Gasteiger partial charge in [-0.1, -0.05) is 103 Å². The number of nitrogens with zero attached hydrogens (tertiary/aromatic N) is 1. The summed E-state index contributed by atoms with van der Waals surface area (Å²) in [6, 6.07) is 39.3. The van der Waals surface area contributed by atoms with Crippen LogP contribution in [0.5, 0.6) is 5.75 Å². The molecular weight excluding hydrogens is 611 g/mol. The molecule has 2 amide bonds. The van der Waals surface area contributed by atoms with Crippen molar-refractivity contribution in [3.05, 3.63) is 156 Å². The number of hydrogen-bond acceptors (Lipinski definition) is 5. The normalized spacial score (nSPS) is 11.9. The highest BCUT2D eigenvalue weighted by molar-refractivity contribution is 7.90. The molecule has 6 aromatic rings. The van der Waals surface area contributed by atoms with E-state index in [0.717, 1.165) is 38.9 Å². The van der Waals surface area contributed by atoms with Crippen molar-refractivity contribution in [3.8, 4) is 16.9 Å². The standard InChI is InChI=1S/C38H33N3O5S/c1-46-31-22-20-30(21-23-31)29-18-16-28(17-19-29)25-41-26-34(33-14-8-9-15-36(33)41)37(42)39-35(24-27-10-4-2-5-11-27)38(43)40-47(44,45)32-12-6-3-7-13-32/h2-23,26,35H,24-25H2,1H3,(H,39,42)(H,40,43)/t35-/m0/s1. The zero-order chi connectivity index (χ0) is 32.8. The third-order valence-corrected chi connectivity index (χ3v) is 9.32. The minimum Gasteiger partial charge on any atom is -0.497 e. The number of amides is 2. The summed E-state index contributed by atoms with van der Waals surface area (Å²) in [5, 5.41) is 3.54. The van der Waals surface area contributed by atoms with Crippen molar-refractivity contribution in [3.63, 3.8) is 0 Å². The summed E-state index contributed by atoms with van der Waals surface area (Å²) < 4.78 is 35.4. The summed E-state index contributed by atoms with van der Waals surface area (Å²) in [6.45, 7) is 0.514. The Morgan fingerprint density at radius 3 is 1.98 bits per heavy atom. The van der Waals surface area contributed by atoms with Gasteiger partial charge in [0.25, 0.3) is 21.8 Å². The summed E-state index contributed by atoms with van der Waals surface area (Å²) in [5.41, 5.74) is 5.20. The van der Waals surface area contributed by atoms with Crippen molar-refractivity contribution in [2.45, 2.75) is 23.9 Å². The average Bonchev–Trinajstić information content (AvgIpc) is 3.47. The zero-order valence-corrected chi connectivity index (χ0v) is 26.5. The van der Waals surface area contributed by atoms with Gasteiger partial charge in [-0.25, -0.2) is 13.1 Å². The molecule has 0 unspecified atom stereocenters. The molecule has 0 aliphatic carbocycles. The highest BCUT2D eigenvalue weighted by Crippen LogP contribution is 2.26. The van der Waals surface area contributed by atoms with Crippen molar-refractivity contribution < 1.29 is 22.7 Å². The number of para-hydroxylation sites is 1. The minimum absolute atomic E-state index is 0.0433. The van der Waals surface area contributed by atoms with Crippen LogP contribution >= 0.6 is 0 Å². The summed E-state index contributed by atoms with van der Waals surface area (Å²) in [7, 11) is -2.50. The fourth-order valence-electron chi connectivity index (χ4n) is 5.50. The van der Waals surface area contributed by atoms with Gasteiger partial charge in [-0.2, -0.15) is 0 Å². The number of fused-ring (bicyclic) bond motifs is 1. The Morgan fingerprint density at radius 2 is 1.32 bits per heavy atom. The first-order valence-corrected chi connectivity index (χ1v) is 16.6. The molecule has 0 radical (unpaired) electrons. The van der Waals surface area contributed by atoms with Crippen molar-refractivity contribution >= 4 is 32.7 Å². The Labute approximate surface area is 273 Å². The fraction of sp³-hybridized carbons (Fsp3) is 0.105. The van der Waals surface area contributed by atoms with Crippen LogP contribution in [0.1, 0.15) is 21.5 Å². The van der Waals surface area contributed by atoms with Gasteiger partial charge in [-0.15, -0.1) is 0 Å². The van der Waals surface area contributed by atoms with Gasteiger partial charge in [0.2, 0.25) is 0 Å². The van der Waals surface area contributed by atoms with E-state index in [9.17, 15) is 18.0 Å². The number of aromatic nitrogens is 1.